The molecular formula is C16H19N3O2S. The van der Waals surface area contributed by atoms with Crippen molar-refractivity contribution in [2.45, 2.75) is 32.3 Å². The zero-order chi connectivity index (χ0) is 16.1. The quantitative estimate of drug-likeness (QED) is 0.657. The second-order valence-corrected chi connectivity index (χ2v) is 5.96. The third kappa shape index (κ3) is 4.21. The van der Waals surface area contributed by atoms with Gasteiger partial charge in [0.15, 0.2) is 5.16 Å². The maximum atomic E-state index is 11.9. The molecule has 2 N–H and O–H groups in total. The van der Waals surface area contributed by atoms with Gasteiger partial charge in [-0.1, -0.05) is 30.8 Å². The smallest absolute Gasteiger partial charge is 0.254 e. The van der Waals surface area contributed by atoms with Gasteiger partial charge in [-0.25, -0.2) is 4.98 Å². The summed E-state index contributed by atoms with van der Waals surface area (Å²) in [5.41, 5.74) is 3.13. The van der Waals surface area contributed by atoms with E-state index >= 15 is 0 Å². The van der Waals surface area contributed by atoms with Crippen LogP contribution in [0.2, 0.25) is 0 Å². The topological polar surface area (TPSA) is 74.8 Å². The number of thioether (sulfide) groups is 1. The maximum absolute atomic E-state index is 11.9. The van der Waals surface area contributed by atoms with E-state index in [1.807, 2.05) is 45.0 Å². The van der Waals surface area contributed by atoms with E-state index in [2.05, 4.69) is 15.3 Å². The van der Waals surface area contributed by atoms with E-state index in [-0.39, 0.29) is 17.2 Å². The van der Waals surface area contributed by atoms with Crippen molar-refractivity contribution < 1.29 is 4.79 Å². The van der Waals surface area contributed by atoms with Crippen molar-refractivity contribution in [3.63, 3.8) is 0 Å². The third-order valence-corrected chi connectivity index (χ3v) is 4.07. The number of carbonyl (C=O) groups is 1. The fourth-order valence-electron chi connectivity index (χ4n) is 2.12. The molecule has 0 atom stereocenters. The Hall–Kier alpha value is -2.08. The Balaban J connectivity index is 1.98. The Kier molecular flexibility index (Phi) is 5.38. The molecule has 0 aliphatic carbocycles. The van der Waals surface area contributed by atoms with Crippen molar-refractivity contribution in [3.05, 3.63) is 51.4 Å². The Morgan fingerprint density at radius 1 is 1.36 bits per heavy atom. The van der Waals surface area contributed by atoms with E-state index in [0.717, 1.165) is 11.3 Å². The molecule has 0 aliphatic rings. The standard InChI is InChI=1S/C16H19N3O2S/c1-4-13-11(3)17-16(19-15(13)21)22-9-14(20)18-12-7-5-6-10(2)8-12/h5-8H,4,9H2,1-3H3,(H,18,20)(H,17,19,21). The van der Waals surface area contributed by atoms with Crippen LogP contribution in [0.5, 0.6) is 0 Å². The molecule has 2 aromatic rings. The number of H-pyrrole nitrogens is 1. The fraction of sp³-hybridized carbons (Fsp3) is 0.312. The summed E-state index contributed by atoms with van der Waals surface area (Å²) in [4.78, 5) is 30.8. The van der Waals surface area contributed by atoms with Gasteiger partial charge in [-0.3, -0.25) is 9.59 Å². The predicted octanol–water partition coefficient (Wildman–Crippen LogP) is 2.68. The number of benzene rings is 1. The molecule has 0 radical (unpaired) electrons. The first-order chi connectivity index (χ1) is 10.5. The van der Waals surface area contributed by atoms with E-state index in [4.69, 9.17) is 0 Å². The second-order valence-electron chi connectivity index (χ2n) is 4.99. The minimum atomic E-state index is -0.129. The molecule has 22 heavy (non-hydrogen) atoms. The number of nitrogens with one attached hydrogen (secondary N) is 2. The lowest BCUT2D eigenvalue weighted by Gasteiger charge is -2.07. The molecule has 0 aliphatic heterocycles. The van der Waals surface area contributed by atoms with Gasteiger partial charge in [-0.05, 0) is 38.0 Å². The number of hydrogen-bond donors (Lipinski definition) is 2. The Morgan fingerprint density at radius 2 is 2.14 bits per heavy atom. The van der Waals surface area contributed by atoms with Gasteiger partial charge in [0.2, 0.25) is 5.91 Å². The average molecular weight is 317 g/mol. The van der Waals surface area contributed by atoms with Crippen LogP contribution < -0.4 is 10.9 Å². The van der Waals surface area contributed by atoms with E-state index in [1.165, 1.54) is 11.8 Å². The molecule has 1 aromatic heterocycles. The van der Waals surface area contributed by atoms with Gasteiger partial charge in [0, 0.05) is 16.9 Å². The lowest BCUT2D eigenvalue weighted by molar-refractivity contribution is -0.113. The number of rotatable bonds is 5. The van der Waals surface area contributed by atoms with E-state index < -0.39 is 0 Å². The minimum absolute atomic E-state index is 0.128. The summed E-state index contributed by atoms with van der Waals surface area (Å²) in [7, 11) is 0. The molecule has 0 unspecified atom stereocenters. The molecule has 0 saturated heterocycles. The van der Waals surface area contributed by atoms with Gasteiger partial charge in [0.1, 0.15) is 0 Å². The molecule has 1 heterocycles. The third-order valence-electron chi connectivity index (χ3n) is 3.20. The Labute approximate surface area is 133 Å². The molecule has 0 bridgehead atoms. The summed E-state index contributed by atoms with van der Waals surface area (Å²) < 4.78 is 0. The zero-order valence-corrected chi connectivity index (χ0v) is 13.7. The van der Waals surface area contributed by atoms with Crippen molar-refractivity contribution in [2.24, 2.45) is 0 Å². The predicted molar refractivity (Wildman–Crippen MR) is 89.5 cm³/mol. The van der Waals surface area contributed by atoms with Crippen LogP contribution in [0.15, 0.2) is 34.2 Å². The van der Waals surface area contributed by atoms with Gasteiger partial charge in [-0.2, -0.15) is 0 Å². The number of aromatic amines is 1. The molecule has 0 spiro atoms. The van der Waals surface area contributed by atoms with Gasteiger partial charge < -0.3 is 10.3 Å². The summed E-state index contributed by atoms with van der Waals surface area (Å²) in [5.74, 6) is 0.0670. The van der Waals surface area contributed by atoms with Gasteiger partial charge in [0.25, 0.3) is 5.56 Å². The fourth-order valence-corrected chi connectivity index (χ4v) is 2.83. The van der Waals surface area contributed by atoms with Crippen molar-refractivity contribution >= 4 is 23.4 Å². The lowest BCUT2D eigenvalue weighted by Crippen LogP contribution is -2.18. The highest BCUT2D eigenvalue weighted by Crippen LogP contribution is 2.14. The number of nitrogens with zero attached hydrogens (tertiary/aromatic N) is 1. The first-order valence-electron chi connectivity index (χ1n) is 7.08. The van der Waals surface area contributed by atoms with Gasteiger partial charge >= 0.3 is 0 Å². The van der Waals surface area contributed by atoms with Crippen LogP contribution in [0.1, 0.15) is 23.7 Å². The zero-order valence-electron chi connectivity index (χ0n) is 12.9. The van der Waals surface area contributed by atoms with Crippen LogP contribution in [0, 0.1) is 13.8 Å². The maximum Gasteiger partial charge on any atom is 0.254 e. The first kappa shape index (κ1) is 16.3. The van der Waals surface area contributed by atoms with Crippen molar-refractivity contribution in [1.29, 1.82) is 0 Å². The molecule has 2 rings (SSSR count). The highest BCUT2D eigenvalue weighted by Gasteiger charge is 2.09. The van der Waals surface area contributed by atoms with Gasteiger partial charge in [-0.15, -0.1) is 0 Å². The van der Waals surface area contributed by atoms with Crippen LogP contribution in [0.25, 0.3) is 0 Å². The lowest BCUT2D eigenvalue weighted by atomic mass is 10.2. The number of amides is 1. The molecule has 0 fully saturated rings. The van der Waals surface area contributed by atoms with E-state index in [1.54, 1.807) is 0 Å². The Bertz CT molecular complexity index is 740. The number of hydrogen-bond acceptors (Lipinski definition) is 4. The summed E-state index contributed by atoms with van der Waals surface area (Å²) in [5, 5.41) is 3.30. The molecule has 5 nitrogen and oxygen atoms in total. The molecular weight excluding hydrogens is 298 g/mol. The summed E-state index contributed by atoms with van der Waals surface area (Å²) >= 11 is 1.22. The average Bonchev–Trinajstić information content (AvgIpc) is 2.45. The SMILES string of the molecule is CCc1c(C)nc(SCC(=O)Nc2cccc(C)c2)[nH]c1=O. The second kappa shape index (κ2) is 7.26. The number of carbonyl (C=O) groups excluding carboxylic acids is 1. The monoisotopic (exact) mass is 317 g/mol. The molecule has 0 saturated carbocycles. The van der Waals surface area contributed by atoms with Crippen LogP contribution in [0.4, 0.5) is 5.69 Å². The molecule has 1 aromatic carbocycles. The van der Waals surface area contributed by atoms with Crippen molar-refractivity contribution in [3.8, 4) is 0 Å². The van der Waals surface area contributed by atoms with E-state index in [9.17, 15) is 9.59 Å². The van der Waals surface area contributed by atoms with E-state index in [0.29, 0.717) is 22.8 Å². The van der Waals surface area contributed by atoms with Crippen LogP contribution in [0.3, 0.4) is 0 Å². The van der Waals surface area contributed by atoms with Crippen molar-refractivity contribution in [1.82, 2.24) is 9.97 Å². The largest absolute Gasteiger partial charge is 0.325 e. The number of aryl methyl sites for hydroxylation is 2. The van der Waals surface area contributed by atoms with Crippen LogP contribution in [-0.4, -0.2) is 21.6 Å². The Morgan fingerprint density at radius 3 is 2.77 bits per heavy atom. The summed E-state index contributed by atoms with van der Waals surface area (Å²) in [6.45, 7) is 5.70. The summed E-state index contributed by atoms with van der Waals surface area (Å²) in [6.07, 6.45) is 0.646. The molecule has 1 amide bonds. The number of anilines is 1. The molecule has 6 heteroatoms. The van der Waals surface area contributed by atoms with Crippen LogP contribution in [-0.2, 0) is 11.2 Å². The summed E-state index contributed by atoms with van der Waals surface area (Å²) in [6, 6.07) is 7.61. The minimum Gasteiger partial charge on any atom is -0.325 e. The normalized spacial score (nSPS) is 10.5. The van der Waals surface area contributed by atoms with Crippen LogP contribution >= 0.6 is 11.8 Å². The molecule has 116 valence electrons. The van der Waals surface area contributed by atoms with Gasteiger partial charge in [0.05, 0.1) is 5.75 Å². The number of aromatic nitrogens is 2. The highest BCUT2D eigenvalue weighted by molar-refractivity contribution is 7.99. The highest BCUT2D eigenvalue weighted by atomic mass is 32.2. The van der Waals surface area contributed by atoms with Crippen molar-refractivity contribution in [2.75, 3.05) is 11.1 Å². The first-order valence-corrected chi connectivity index (χ1v) is 8.07.